The van der Waals surface area contributed by atoms with E-state index in [0.717, 1.165) is 42.7 Å². The van der Waals surface area contributed by atoms with Crippen molar-refractivity contribution in [3.8, 4) is 11.5 Å². The number of benzene rings is 2. The summed E-state index contributed by atoms with van der Waals surface area (Å²) in [6.07, 6.45) is 0.743. The highest BCUT2D eigenvalue weighted by Crippen LogP contribution is 2.43. The SMILES string of the molecule is CCN(CC)CCC1C(=O)NC(c2ccccc2N)c2cc(OC)c(OC)cc21. The van der Waals surface area contributed by atoms with Gasteiger partial charge in [-0.1, -0.05) is 32.0 Å². The molecule has 156 valence electrons. The van der Waals surface area contributed by atoms with Crippen molar-refractivity contribution in [2.75, 3.05) is 39.6 Å². The molecule has 29 heavy (non-hydrogen) atoms. The van der Waals surface area contributed by atoms with E-state index in [2.05, 4.69) is 24.1 Å². The molecule has 6 heteroatoms. The van der Waals surface area contributed by atoms with Gasteiger partial charge in [-0.15, -0.1) is 0 Å². The lowest BCUT2D eigenvalue weighted by Gasteiger charge is -2.34. The summed E-state index contributed by atoms with van der Waals surface area (Å²) in [6.45, 7) is 7.07. The number of nitrogen functional groups attached to an aromatic ring is 1. The van der Waals surface area contributed by atoms with Crippen molar-refractivity contribution in [3.63, 3.8) is 0 Å². The van der Waals surface area contributed by atoms with Crippen molar-refractivity contribution in [3.05, 3.63) is 53.1 Å². The Bertz CT molecular complexity index is 864. The number of para-hydroxylation sites is 1. The number of carbonyl (C=O) groups is 1. The maximum Gasteiger partial charge on any atom is 0.228 e. The molecule has 0 bridgehead atoms. The lowest BCUT2D eigenvalue weighted by Crippen LogP contribution is -2.40. The fourth-order valence-corrected chi connectivity index (χ4v) is 4.08. The van der Waals surface area contributed by atoms with Gasteiger partial charge in [-0.3, -0.25) is 4.79 Å². The summed E-state index contributed by atoms with van der Waals surface area (Å²) < 4.78 is 11.1. The summed E-state index contributed by atoms with van der Waals surface area (Å²) in [5, 5.41) is 3.19. The highest BCUT2D eigenvalue weighted by molar-refractivity contribution is 5.88. The maximum atomic E-state index is 13.2. The van der Waals surface area contributed by atoms with Crippen molar-refractivity contribution in [2.45, 2.75) is 32.2 Å². The van der Waals surface area contributed by atoms with Crippen LogP contribution in [0.25, 0.3) is 0 Å². The first-order valence-electron chi connectivity index (χ1n) is 10.2. The van der Waals surface area contributed by atoms with Crippen LogP contribution < -0.4 is 20.5 Å². The number of nitrogens with zero attached hydrogens (tertiary/aromatic N) is 1. The summed E-state index contributed by atoms with van der Waals surface area (Å²) in [4.78, 5) is 15.5. The Balaban J connectivity index is 2.08. The molecule has 3 rings (SSSR count). The van der Waals surface area contributed by atoms with E-state index >= 15 is 0 Å². The molecular weight excluding hydrogens is 366 g/mol. The molecule has 0 fully saturated rings. The van der Waals surface area contributed by atoms with Gasteiger partial charge in [-0.05, 0) is 55.4 Å². The fourth-order valence-electron chi connectivity index (χ4n) is 4.08. The predicted molar refractivity (Wildman–Crippen MR) is 116 cm³/mol. The molecule has 2 aromatic carbocycles. The number of hydrogen-bond acceptors (Lipinski definition) is 5. The summed E-state index contributed by atoms with van der Waals surface area (Å²) in [5.74, 6) is 1.05. The highest BCUT2D eigenvalue weighted by atomic mass is 16.5. The normalized spacial score (nSPS) is 18.3. The van der Waals surface area contributed by atoms with Crippen molar-refractivity contribution in [1.82, 2.24) is 10.2 Å². The van der Waals surface area contributed by atoms with Crippen LogP contribution in [-0.4, -0.2) is 44.7 Å². The molecule has 1 aliphatic rings. The number of carbonyl (C=O) groups excluding carboxylic acids is 1. The van der Waals surface area contributed by atoms with E-state index in [1.165, 1.54) is 0 Å². The second-order valence-electron chi connectivity index (χ2n) is 7.27. The van der Waals surface area contributed by atoms with Crippen LogP contribution in [0.2, 0.25) is 0 Å². The van der Waals surface area contributed by atoms with E-state index in [9.17, 15) is 4.79 Å². The van der Waals surface area contributed by atoms with Gasteiger partial charge in [0.1, 0.15) is 0 Å². The molecule has 2 atom stereocenters. The first-order chi connectivity index (χ1) is 14.0. The van der Waals surface area contributed by atoms with E-state index in [1.807, 2.05) is 36.4 Å². The van der Waals surface area contributed by atoms with Crippen LogP contribution in [0.15, 0.2) is 36.4 Å². The molecule has 0 aromatic heterocycles. The number of fused-ring (bicyclic) bond motifs is 1. The Kier molecular flexibility index (Phi) is 6.64. The van der Waals surface area contributed by atoms with Gasteiger partial charge in [-0.2, -0.15) is 0 Å². The first-order valence-corrected chi connectivity index (χ1v) is 10.2. The molecule has 6 nitrogen and oxygen atoms in total. The number of nitrogens with two attached hydrogens (primary N) is 1. The third-order valence-corrected chi connectivity index (χ3v) is 5.81. The Morgan fingerprint density at radius 3 is 2.21 bits per heavy atom. The topological polar surface area (TPSA) is 76.8 Å². The van der Waals surface area contributed by atoms with Crippen molar-refractivity contribution < 1.29 is 14.3 Å². The van der Waals surface area contributed by atoms with Crippen LogP contribution in [0, 0.1) is 0 Å². The number of anilines is 1. The zero-order valence-corrected chi connectivity index (χ0v) is 17.7. The Morgan fingerprint density at radius 2 is 1.62 bits per heavy atom. The minimum atomic E-state index is -0.316. The van der Waals surface area contributed by atoms with Crippen LogP contribution in [0.5, 0.6) is 11.5 Å². The van der Waals surface area contributed by atoms with Gasteiger partial charge in [-0.25, -0.2) is 0 Å². The van der Waals surface area contributed by atoms with E-state index in [1.54, 1.807) is 14.2 Å². The number of hydrogen-bond donors (Lipinski definition) is 2. The zero-order valence-electron chi connectivity index (χ0n) is 17.7. The van der Waals surface area contributed by atoms with Gasteiger partial charge >= 0.3 is 0 Å². The third-order valence-electron chi connectivity index (χ3n) is 5.81. The maximum absolute atomic E-state index is 13.2. The minimum Gasteiger partial charge on any atom is -0.493 e. The fraction of sp³-hybridized carbons (Fsp3) is 0.435. The Hall–Kier alpha value is -2.73. The molecular formula is C23H31N3O3. The van der Waals surface area contributed by atoms with Crippen molar-refractivity contribution >= 4 is 11.6 Å². The first kappa shape index (κ1) is 21.0. The van der Waals surface area contributed by atoms with Gasteiger partial charge in [0.2, 0.25) is 5.91 Å². The molecule has 0 saturated heterocycles. The zero-order chi connectivity index (χ0) is 21.0. The second kappa shape index (κ2) is 9.18. The molecule has 0 radical (unpaired) electrons. The van der Waals surface area contributed by atoms with Crippen molar-refractivity contribution in [1.29, 1.82) is 0 Å². The third kappa shape index (κ3) is 4.17. The summed E-state index contributed by atoms with van der Waals surface area (Å²) in [5.41, 5.74) is 9.76. The van der Waals surface area contributed by atoms with E-state index in [4.69, 9.17) is 15.2 Å². The average Bonchev–Trinajstić information content (AvgIpc) is 2.74. The van der Waals surface area contributed by atoms with Gasteiger partial charge in [0, 0.05) is 11.3 Å². The van der Waals surface area contributed by atoms with Crippen LogP contribution in [0.4, 0.5) is 5.69 Å². The minimum absolute atomic E-state index is 0.0186. The Morgan fingerprint density at radius 1 is 1.00 bits per heavy atom. The second-order valence-corrected chi connectivity index (χ2v) is 7.27. The molecule has 0 saturated carbocycles. The molecule has 0 spiro atoms. The van der Waals surface area contributed by atoms with Crippen LogP contribution in [-0.2, 0) is 4.79 Å². The standard InChI is InChI=1S/C23H31N3O3/c1-5-26(6-2)12-11-15-17-13-20(28-3)21(29-4)14-18(17)22(25-23(15)27)16-9-7-8-10-19(16)24/h7-10,13-15,22H,5-6,11-12,24H2,1-4H3,(H,25,27). The van der Waals surface area contributed by atoms with Gasteiger partial charge in [0.25, 0.3) is 0 Å². The predicted octanol–water partition coefficient (Wildman–Crippen LogP) is 3.32. The number of rotatable bonds is 8. The van der Waals surface area contributed by atoms with Crippen LogP contribution >= 0.6 is 0 Å². The molecule has 1 heterocycles. The van der Waals surface area contributed by atoms with Crippen LogP contribution in [0.1, 0.15) is 48.9 Å². The summed E-state index contributed by atoms with van der Waals surface area (Å²) in [6, 6.07) is 11.2. The largest absolute Gasteiger partial charge is 0.493 e. The summed E-state index contributed by atoms with van der Waals surface area (Å²) in [7, 11) is 3.24. The molecule has 1 aliphatic heterocycles. The molecule has 2 unspecified atom stereocenters. The number of nitrogens with one attached hydrogen (secondary N) is 1. The van der Waals surface area contributed by atoms with E-state index < -0.39 is 0 Å². The number of ether oxygens (including phenoxy) is 2. The van der Waals surface area contributed by atoms with Gasteiger partial charge in [0.15, 0.2) is 11.5 Å². The highest BCUT2D eigenvalue weighted by Gasteiger charge is 2.36. The molecule has 0 aliphatic carbocycles. The Labute approximate surface area is 173 Å². The monoisotopic (exact) mass is 397 g/mol. The summed E-state index contributed by atoms with van der Waals surface area (Å²) >= 11 is 0. The van der Waals surface area contributed by atoms with E-state index in [0.29, 0.717) is 17.2 Å². The molecule has 1 amide bonds. The average molecular weight is 398 g/mol. The van der Waals surface area contributed by atoms with Gasteiger partial charge in [0.05, 0.1) is 26.2 Å². The number of methoxy groups -OCH3 is 2. The van der Waals surface area contributed by atoms with Crippen LogP contribution in [0.3, 0.4) is 0 Å². The van der Waals surface area contributed by atoms with E-state index in [-0.39, 0.29) is 17.9 Å². The molecule has 2 aromatic rings. The van der Waals surface area contributed by atoms with Gasteiger partial charge < -0.3 is 25.4 Å². The smallest absolute Gasteiger partial charge is 0.228 e. The quantitative estimate of drug-likeness (QED) is 0.668. The lowest BCUT2D eigenvalue weighted by atomic mass is 9.81. The number of amides is 1. The lowest BCUT2D eigenvalue weighted by molar-refractivity contribution is -0.124. The molecule has 3 N–H and O–H groups in total. The van der Waals surface area contributed by atoms with Crippen molar-refractivity contribution in [2.24, 2.45) is 0 Å².